The van der Waals surface area contributed by atoms with E-state index in [1.807, 2.05) is 0 Å². The van der Waals surface area contributed by atoms with Crippen LogP contribution in [0.2, 0.25) is 0 Å². The fraction of sp³-hybridized carbons (Fsp3) is 0.833. The van der Waals surface area contributed by atoms with Crippen LogP contribution in [0.15, 0.2) is 0 Å². The van der Waals surface area contributed by atoms with Crippen molar-refractivity contribution in [2.24, 2.45) is 5.92 Å². The van der Waals surface area contributed by atoms with Gasteiger partial charge in [-0.15, -0.1) is 0 Å². The van der Waals surface area contributed by atoms with Gasteiger partial charge in [0, 0.05) is 0 Å². The van der Waals surface area contributed by atoms with Gasteiger partial charge in [0.25, 0.3) is 0 Å². The predicted molar refractivity (Wildman–Crippen MR) is 31.0 cm³/mol. The first-order valence-corrected chi connectivity index (χ1v) is 3.12. The SMILES string of the molecule is O=C(O)[C@@H]1CCCC1O. The third kappa shape index (κ3) is 1.21. The Morgan fingerprint density at radius 1 is 1.44 bits per heavy atom. The first-order valence-electron chi connectivity index (χ1n) is 3.12. The smallest absolute Gasteiger partial charge is 0.309 e. The summed E-state index contributed by atoms with van der Waals surface area (Å²) >= 11 is 0. The Morgan fingerprint density at radius 3 is 2.33 bits per heavy atom. The average molecular weight is 130 g/mol. The number of hydrogen-bond acceptors (Lipinski definition) is 2. The maximum Gasteiger partial charge on any atom is 0.309 e. The molecule has 1 fully saturated rings. The number of aliphatic carboxylic acids is 1. The highest BCUT2D eigenvalue weighted by Gasteiger charge is 2.30. The zero-order valence-electron chi connectivity index (χ0n) is 5.08. The summed E-state index contributed by atoms with van der Waals surface area (Å²) in [5.74, 6) is -1.36. The minimum atomic E-state index is -0.861. The molecule has 0 aromatic heterocycles. The van der Waals surface area contributed by atoms with Crippen molar-refractivity contribution in [1.82, 2.24) is 0 Å². The highest BCUT2D eigenvalue weighted by atomic mass is 16.4. The van der Waals surface area contributed by atoms with E-state index in [0.717, 1.165) is 6.42 Å². The van der Waals surface area contributed by atoms with Gasteiger partial charge in [0.2, 0.25) is 0 Å². The fourth-order valence-electron chi connectivity index (χ4n) is 1.23. The van der Waals surface area contributed by atoms with Crippen molar-refractivity contribution in [1.29, 1.82) is 0 Å². The van der Waals surface area contributed by atoms with Gasteiger partial charge in [0.1, 0.15) is 0 Å². The lowest BCUT2D eigenvalue weighted by Gasteiger charge is -2.06. The largest absolute Gasteiger partial charge is 0.481 e. The van der Waals surface area contributed by atoms with Crippen LogP contribution in [0.5, 0.6) is 0 Å². The molecule has 0 amide bonds. The van der Waals surface area contributed by atoms with Gasteiger partial charge < -0.3 is 10.2 Å². The maximum absolute atomic E-state index is 10.3. The summed E-state index contributed by atoms with van der Waals surface area (Å²) in [7, 11) is 0. The molecule has 1 rings (SSSR count). The summed E-state index contributed by atoms with van der Waals surface area (Å²) < 4.78 is 0. The highest BCUT2D eigenvalue weighted by Crippen LogP contribution is 2.25. The molecule has 1 unspecified atom stereocenters. The van der Waals surface area contributed by atoms with E-state index in [1.165, 1.54) is 0 Å². The molecule has 0 radical (unpaired) electrons. The van der Waals surface area contributed by atoms with E-state index in [-0.39, 0.29) is 0 Å². The van der Waals surface area contributed by atoms with Crippen LogP contribution in [0.3, 0.4) is 0 Å². The Morgan fingerprint density at radius 2 is 2.11 bits per heavy atom. The van der Waals surface area contributed by atoms with Crippen LogP contribution in [-0.2, 0) is 4.79 Å². The number of aliphatic hydroxyl groups excluding tert-OH is 1. The third-order valence-electron chi connectivity index (χ3n) is 1.80. The van der Waals surface area contributed by atoms with E-state index >= 15 is 0 Å². The number of carboxylic acids is 1. The van der Waals surface area contributed by atoms with Crippen molar-refractivity contribution in [3.8, 4) is 0 Å². The Balaban J connectivity index is 2.49. The number of carbonyl (C=O) groups is 1. The molecule has 3 heteroatoms. The van der Waals surface area contributed by atoms with E-state index in [0.29, 0.717) is 12.8 Å². The van der Waals surface area contributed by atoms with Gasteiger partial charge in [-0.05, 0) is 19.3 Å². The molecule has 0 aromatic rings. The molecule has 0 aromatic carbocycles. The van der Waals surface area contributed by atoms with Crippen LogP contribution in [0.25, 0.3) is 0 Å². The Hall–Kier alpha value is -0.570. The molecule has 0 bridgehead atoms. The van der Waals surface area contributed by atoms with Gasteiger partial charge in [-0.1, -0.05) is 0 Å². The summed E-state index contributed by atoms with van der Waals surface area (Å²) in [6.45, 7) is 0. The molecule has 2 atom stereocenters. The molecule has 0 spiro atoms. The molecule has 52 valence electrons. The van der Waals surface area contributed by atoms with Crippen LogP contribution in [0.1, 0.15) is 19.3 Å². The first kappa shape index (κ1) is 6.55. The second-order valence-electron chi connectivity index (χ2n) is 2.44. The van der Waals surface area contributed by atoms with Crippen molar-refractivity contribution in [2.45, 2.75) is 25.4 Å². The fourth-order valence-corrected chi connectivity index (χ4v) is 1.23. The Bertz CT molecular complexity index is 121. The van der Waals surface area contributed by atoms with Gasteiger partial charge in [-0.2, -0.15) is 0 Å². The standard InChI is InChI=1S/C6H10O3/c7-5-3-1-2-4(5)6(8)9/h4-5,7H,1-3H2,(H,8,9)/t4-,5?/m1/s1. The molecule has 1 aliphatic rings. The van der Waals surface area contributed by atoms with E-state index in [2.05, 4.69) is 0 Å². The van der Waals surface area contributed by atoms with Gasteiger partial charge in [0.15, 0.2) is 0 Å². The second-order valence-corrected chi connectivity index (χ2v) is 2.44. The lowest BCUT2D eigenvalue weighted by atomic mass is 10.1. The van der Waals surface area contributed by atoms with Crippen molar-refractivity contribution < 1.29 is 15.0 Å². The minimum Gasteiger partial charge on any atom is -0.481 e. The van der Waals surface area contributed by atoms with E-state index in [9.17, 15) is 4.79 Å². The molecule has 1 aliphatic carbocycles. The number of rotatable bonds is 1. The first-order chi connectivity index (χ1) is 4.22. The average Bonchev–Trinajstić information content (AvgIpc) is 2.13. The molecule has 1 saturated carbocycles. The van der Waals surface area contributed by atoms with E-state index in [1.54, 1.807) is 0 Å². The summed E-state index contributed by atoms with van der Waals surface area (Å²) in [6.07, 6.45) is 1.54. The molecule has 2 N–H and O–H groups in total. The third-order valence-corrected chi connectivity index (χ3v) is 1.80. The van der Waals surface area contributed by atoms with Gasteiger partial charge >= 0.3 is 5.97 Å². The topological polar surface area (TPSA) is 57.5 Å². The Kier molecular flexibility index (Phi) is 1.71. The van der Waals surface area contributed by atoms with Crippen molar-refractivity contribution in [2.75, 3.05) is 0 Å². The van der Waals surface area contributed by atoms with E-state index < -0.39 is 18.0 Å². The van der Waals surface area contributed by atoms with Crippen molar-refractivity contribution in [3.63, 3.8) is 0 Å². The molecule has 0 heterocycles. The van der Waals surface area contributed by atoms with Crippen molar-refractivity contribution in [3.05, 3.63) is 0 Å². The maximum atomic E-state index is 10.3. The highest BCUT2D eigenvalue weighted by molar-refractivity contribution is 5.71. The van der Waals surface area contributed by atoms with Crippen LogP contribution >= 0.6 is 0 Å². The molecule has 9 heavy (non-hydrogen) atoms. The summed E-state index contributed by atoms with van der Waals surface area (Å²) in [5, 5.41) is 17.4. The van der Waals surface area contributed by atoms with Gasteiger partial charge in [0.05, 0.1) is 12.0 Å². The number of hydrogen-bond donors (Lipinski definition) is 2. The van der Waals surface area contributed by atoms with Crippen LogP contribution in [0.4, 0.5) is 0 Å². The predicted octanol–water partition coefficient (Wildman–Crippen LogP) is 0.232. The van der Waals surface area contributed by atoms with Crippen LogP contribution < -0.4 is 0 Å². The van der Waals surface area contributed by atoms with Crippen LogP contribution in [-0.4, -0.2) is 22.3 Å². The monoisotopic (exact) mass is 130 g/mol. The Labute approximate surface area is 53.3 Å². The zero-order valence-corrected chi connectivity index (χ0v) is 5.08. The molecule has 0 saturated heterocycles. The molecule has 3 nitrogen and oxygen atoms in total. The van der Waals surface area contributed by atoms with Gasteiger partial charge in [-0.3, -0.25) is 4.79 Å². The van der Waals surface area contributed by atoms with Crippen LogP contribution in [0, 0.1) is 5.92 Å². The quantitative estimate of drug-likeness (QED) is 0.534. The zero-order chi connectivity index (χ0) is 6.85. The summed E-state index contributed by atoms with van der Waals surface area (Å²) in [5.41, 5.74) is 0. The second kappa shape index (κ2) is 2.35. The number of carboxylic acid groups (broad SMARTS) is 1. The summed E-state index contributed by atoms with van der Waals surface area (Å²) in [4.78, 5) is 10.3. The minimum absolute atomic E-state index is 0.495. The van der Waals surface area contributed by atoms with Gasteiger partial charge in [-0.25, -0.2) is 0 Å². The summed E-state index contributed by atoms with van der Waals surface area (Å²) in [6, 6.07) is 0. The van der Waals surface area contributed by atoms with Crippen molar-refractivity contribution >= 4 is 5.97 Å². The molecule has 0 aliphatic heterocycles. The molecular formula is C6H10O3. The number of aliphatic hydroxyl groups is 1. The lowest BCUT2D eigenvalue weighted by Crippen LogP contribution is -2.21. The van der Waals surface area contributed by atoms with E-state index in [4.69, 9.17) is 10.2 Å². The lowest BCUT2D eigenvalue weighted by molar-refractivity contribution is -0.144. The normalized spacial score (nSPS) is 34.8. The molecular weight excluding hydrogens is 120 g/mol.